The Morgan fingerprint density at radius 2 is 2.00 bits per heavy atom. The van der Waals surface area contributed by atoms with Crippen LogP contribution in [0.15, 0.2) is 42.5 Å². The highest BCUT2D eigenvalue weighted by Crippen LogP contribution is 2.44. The number of aldehydes is 1. The Morgan fingerprint density at radius 3 is 2.81 bits per heavy atom. The Labute approximate surface area is 149 Å². The van der Waals surface area contributed by atoms with Gasteiger partial charge in [-0.05, 0) is 53.3 Å². The number of nitriles is 1. The molecule has 0 saturated heterocycles. The van der Waals surface area contributed by atoms with E-state index < -0.39 is 0 Å². The Balaban J connectivity index is 2.03. The van der Waals surface area contributed by atoms with Crippen LogP contribution in [-0.4, -0.2) is 16.4 Å². The summed E-state index contributed by atoms with van der Waals surface area (Å²) in [5, 5.41) is 21.4. The first-order valence-electron chi connectivity index (χ1n) is 8.49. The van der Waals surface area contributed by atoms with E-state index in [0.29, 0.717) is 11.1 Å². The summed E-state index contributed by atoms with van der Waals surface area (Å²) in [4.78, 5) is 15.5. The first kappa shape index (κ1) is 14.7. The van der Waals surface area contributed by atoms with Crippen molar-refractivity contribution in [2.24, 2.45) is 0 Å². The zero-order valence-electron chi connectivity index (χ0n) is 13.8. The number of carbonyl (C=O) groups excluding carboxylic acids is 1. The van der Waals surface area contributed by atoms with Crippen LogP contribution < -0.4 is 0 Å². The third-order valence-corrected chi connectivity index (χ3v) is 5.33. The van der Waals surface area contributed by atoms with Gasteiger partial charge in [0.2, 0.25) is 0 Å². The average molecular weight is 338 g/mol. The van der Waals surface area contributed by atoms with Crippen LogP contribution in [0.5, 0.6) is 5.75 Å². The maximum absolute atomic E-state index is 12.0. The molecule has 0 fully saturated rings. The third-order valence-electron chi connectivity index (χ3n) is 5.33. The minimum atomic E-state index is 0.215. The van der Waals surface area contributed by atoms with Crippen molar-refractivity contribution in [2.75, 3.05) is 0 Å². The van der Waals surface area contributed by atoms with E-state index in [9.17, 15) is 15.2 Å². The van der Waals surface area contributed by atoms with Gasteiger partial charge in [0.15, 0.2) is 6.29 Å². The number of aromatic amines is 1. The van der Waals surface area contributed by atoms with E-state index in [1.807, 2.05) is 30.3 Å². The third kappa shape index (κ3) is 1.80. The second kappa shape index (κ2) is 5.21. The van der Waals surface area contributed by atoms with Crippen LogP contribution in [0.25, 0.3) is 32.9 Å². The van der Waals surface area contributed by atoms with Gasteiger partial charge in [0.25, 0.3) is 0 Å². The van der Waals surface area contributed by atoms with Gasteiger partial charge in [-0.15, -0.1) is 0 Å². The maximum Gasteiger partial charge on any atom is 0.152 e. The lowest BCUT2D eigenvalue weighted by atomic mass is 9.80. The number of hydrogen-bond donors (Lipinski definition) is 2. The summed E-state index contributed by atoms with van der Waals surface area (Å²) in [6, 6.07) is 15.3. The van der Waals surface area contributed by atoms with Crippen LogP contribution in [0.2, 0.25) is 0 Å². The molecule has 1 aliphatic carbocycles. The fraction of sp³-hybridized carbons (Fsp3) is 0.0909. The molecule has 0 unspecified atom stereocenters. The number of aromatic nitrogens is 1. The number of para-hydroxylation sites is 1. The smallest absolute Gasteiger partial charge is 0.152 e. The fourth-order valence-corrected chi connectivity index (χ4v) is 4.26. The lowest BCUT2D eigenvalue weighted by Crippen LogP contribution is -2.09. The highest BCUT2D eigenvalue weighted by Gasteiger charge is 2.27. The SMILES string of the molecule is N#Cc1c(C=O)c2c(c3[nH]c4ccccc4c13)CCc1cc(O)ccc1-2. The fourth-order valence-electron chi connectivity index (χ4n) is 4.26. The molecule has 1 heterocycles. The zero-order chi connectivity index (χ0) is 17.8. The highest BCUT2D eigenvalue weighted by molar-refractivity contribution is 6.16. The minimum Gasteiger partial charge on any atom is -0.508 e. The van der Waals surface area contributed by atoms with Crippen molar-refractivity contribution >= 4 is 28.1 Å². The number of aromatic hydroxyl groups is 1. The number of phenolic OH excluding ortho intramolecular Hbond substituents is 1. The Bertz CT molecular complexity index is 1280. The summed E-state index contributed by atoms with van der Waals surface area (Å²) in [5.74, 6) is 0.215. The van der Waals surface area contributed by atoms with Crippen molar-refractivity contribution in [2.45, 2.75) is 12.8 Å². The molecule has 26 heavy (non-hydrogen) atoms. The largest absolute Gasteiger partial charge is 0.508 e. The predicted octanol–water partition coefficient (Wildman–Crippen LogP) is 4.48. The quantitative estimate of drug-likeness (QED) is 0.503. The number of aryl methyl sites for hydroxylation is 2. The second-order valence-corrected chi connectivity index (χ2v) is 6.63. The number of fused-ring (bicyclic) bond motifs is 7. The molecule has 0 atom stereocenters. The highest BCUT2D eigenvalue weighted by atomic mass is 16.3. The summed E-state index contributed by atoms with van der Waals surface area (Å²) in [5.41, 5.74) is 6.54. The van der Waals surface area contributed by atoms with E-state index in [1.165, 1.54) is 0 Å². The normalized spacial score (nSPS) is 12.6. The van der Waals surface area contributed by atoms with E-state index in [2.05, 4.69) is 11.1 Å². The van der Waals surface area contributed by atoms with Gasteiger partial charge in [0.05, 0.1) is 11.1 Å². The average Bonchev–Trinajstić information content (AvgIpc) is 3.05. The minimum absolute atomic E-state index is 0.215. The van der Waals surface area contributed by atoms with Gasteiger partial charge in [0, 0.05) is 21.9 Å². The maximum atomic E-state index is 12.0. The summed E-state index contributed by atoms with van der Waals surface area (Å²) in [7, 11) is 0. The summed E-state index contributed by atoms with van der Waals surface area (Å²) >= 11 is 0. The van der Waals surface area contributed by atoms with Crippen LogP contribution in [0.1, 0.15) is 27.0 Å². The van der Waals surface area contributed by atoms with Gasteiger partial charge in [-0.1, -0.05) is 24.3 Å². The summed E-state index contributed by atoms with van der Waals surface area (Å²) < 4.78 is 0. The van der Waals surface area contributed by atoms with Gasteiger partial charge in [-0.25, -0.2) is 0 Å². The molecule has 5 rings (SSSR count). The molecule has 4 nitrogen and oxygen atoms in total. The standard InChI is InChI=1S/C22H14N2O2/c23-10-17-18(11-25)20-14-8-6-13(26)9-12(14)5-7-16(20)22-21(17)15-3-1-2-4-19(15)24-22/h1-4,6,8-9,11,24,26H,5,7H2. The van der Waals surface area contributed by atoms with Gasteiger partial charge in [-0.2, -0.15) is 5.26 Å². The number of nitrogens with zero attached hydrogens (tertiary/aromatic N) is 1. The molecule has 0 aliphatic heterocycles. The molecule has 1 aliphatic rings. The number of nitrogens with one attached hydrogen (secondary N) is 1. The van der Waals surface area contributed by atoms with Crippen molar-refractivity contribution in [1.82, 2.24) is 4.98 Å². The Hall–Kier alpha value is -3.58. The van der Waals surface area contributed by atoms with Gasteiger partial charge < -0.3 is 10.1 Å². The lowest BCUT2D eigenvalue weighted by molar-refractivity contribution is 0.112. The summed E-state index contributed by atoms with van der Waals surface area (Å²) in [6.07, 6.45) is 2.33. The molecule has 2 N–H and O–H groups in total. The van der Waals surface area contributed by atoms with Crippen molar-refractivity contribution in [1.29, 1.82) is 5.26 Å². The second-order valence-electron chi connectivity index (χ2n) is 6.63. The molecule has 1 aromatic heterocycles. The molecule has 0 bridgehead atoms. The zero-order valence-corrected chi connectivity index (χ0v) is 13.8. The van der Waals surface area contributed by atoms with E-state index in [4.69, 9.17) is 0 Å². The number of rotatable bonds is 1. The molecule has 0 amide bonds. The van der Waals surface area contributed by atoms with Crippen LogP contribution in [0, 0.1) is 11.3 Å². The van der Waals surface area contributed by atoms with Crippen molar-refractivity contribution in [3.8, 4) is 22.9 Å². The first-order chi connectivity index (χ1) is 12.7. The first-order valence-corrected chi connectivity index (χ1v) is 8.49. The molecule has 0 saturated carbocycles. The van der Waals surface area contributed by atoms with E-state index in [0.717, 1.165) is 63.2 Å². The number of hydrogen-bond acceptors (Lipinski definition) is 3. The summed E-state index contributed by atoms with van der Waals surface area (Å²) in [6.45, 7) is 0. The van der Waals surface area contributed by atoms with E-state index in [-0.39, 0.29) is 5.75 Å². The molecule has 4 aromatic rings. The topological polar surface area (TPSA) is 76.9 Å². The van der Waals surface area contributed by atoms with Crippen LogP contribution in [0.3, 0.4) is 0 Å². The number of phenols is 1. The number of carbonyl (C=O) groups is 1. The molecule has 0 spiro atoms. The van der Waals surface area contributed by atoms with Gasteiger partial charge >= 0.3 is 0 Å². The van der Waals surface area contributed by atoms with Crippen molar-refractivity contribution in [3.63, 3.8) is 0 Å². The molecular weight excluding hydrogens is 324 g/mol. The Morgan fingerprint density at radius 1 is 1.15 bits per heavy atom. The molecule has 4 heteroatoms. The van der Waals surface area contributed by atoms with Gasteiger partial charge in [-0.3, -0.25) is 4.79 Å². The van der Waals surface area contributed by atoms with Crippen LogP contribution in [0.4, 0.5) is 0 Å². The lowest BCUT2D eigenvalue weighted by Gasteiger charge is -2.23. The van der Waals surface area contributed by atoms with Crippen molar-refractivity contribution in [3.05, 3.63) is 64.7 Å². The van der Waals surface area contributed by atoms with E-state index >= 15 is 0 Å². The van der Waals surface area contributed by atoms with Gasteiger partial charge in [0.1, 0.15) is 11.8 Å². The Kier molecular flexibility index (Phi) is 2.95. The molecule has 124 valence electrons. The molecule has 3 aromatic carbocycles. The predicted molar refractivity (Wildman–Crippen MR) is 100 cm³/mol. The molecular formula is C22H14N2O2. The van der Waals surface area contributed by atoms with Crippen molar-refractivity contribution < 1.29 is 9.90 Å². The number of benzene rings is 3. The number of H-pyrrole nitrogens is 1. The van der Waals surface area contributed by atoms with Crippen LogP contribution >= 0.6 is 0 Å². The van der Waals surface area contributed by atoms with E-state index in [1.54, 1.807) is 12.1 Å². The molecule has 0 radical (unpaired) electrons. The van der Waals surface area contributed by atoms with Crippen LogP contribution in [-0.2, 0) is 12.8 Å². The monoisotopic (exact) mass is 338 g/mol.